The fourth-order valence-corrected chi connectivity index (χ4v) is 2.09. The van der Waals surface area contributed by atoms with Gasteiger partial charge in [-0.05, 0) is 12.3 Å². The SMILES string of the molecule is CC1CC1(CO)C1(O)COC1. The highest BCUT2D eigenvalue weighted by Gasteiger charge is 2.66. The van der Waals surface area contributed by atoms with Gasteiger partial charge in [-0.25, -0.2) is 0 Å². The molecule has 2 unspecified atom stereocenters. The first kappa shape index (κ1) is 7.53. The van der Waals surface area contributed by atoms with E-state index >= 15 is 0 Å². The number of aliphatic hydroxyl groups is 2. The lowest BCUT2D eigenvalue weighted by Crippen LogP contribution is -2.58. The van der Waals surface area contributed by atoms with E-state index in [1.807, 2.05) is 0 Å². The summed E-state index contributed by atoms with van der Waals surface area (Å²) in [6, 6.07) is 0. The Morgan fingerprint density at radius 3 is 2.18 bits per heavy atom. The summed E-state index contributed by atoms with van der Waals surface area (Å²) in [5, 5.41) is 19.0. The van der Waals surface area contributed by atoms with E-state index in [2.05, 4.69) is 6.92 Å². The maximum atomic E-state index is 9.89. The second-order valence-corrected chi connectivity index (χ2v) is 3.94. The monoisotopic (exact) mass is 158 g/mol. The van der Waals surface area contributed by atoms with Gasteiger partial charge in [0.1, 0.15) is 5.60 Å². The molecule has 1 aliphatic heterocycles. The molecule has 0 aromatic rings. The standard InChI is InChI=1S/C8H14O3/c1-6-2-7(6,3-9)8(10)4-11-5-8/h6,9-10H,2-5H2,1H3. The van der Waals surface area contributed by atoms with Crippen LogP contribution in [0.4, 0.5) is 0 Å². The average Bonchev–Trinajstić information content (AvgIpc) is 2.58. The summed E-state index contributed by atoms with van der Waals surface area (Å²) in [7, 11) is 0. The van der Waals surface area contributed by atoms with E-state index in [4.69, 9.17) is 9.84 Å². The van der Waals surface area contributed by atoms with Crippen LogP contribution in [0.3, 0.4) is 0 Å². The van der Waals surface area contributed by atoms with Crippen LogP contribution < -0.4 is 0 Å². The first-order chi connectivity index (χ1) is 5.15. The Kier molecular flexibility index (Phi) is 1.35. The molecule has 0 aromatic carbocycles. The van der Waals surface area contributed by atoms with E-state index in [-0.39, 0.29) is 12.0 Å². The molecule has 1 aliphatic carbocycles. The zero-order chi connectivity index (χ0) is 8.11. The van der Waals surface area contributed by atoms with Crippen LogP contribution in [0.2, 0.25) is 0 Å². The van der Waals surface area contributed by atoms with Crippen LogP contribution in [0.1, 0.15) is 13.3 Å². The third kappa shape index (κ3) is 0.736. The Labute approximate surface area is 66.0 Å². The number of hydrogen-bond acceptors (Lipinski definition) is 3. The van der Waals surface area contributed by atoms with Gasteiger partial charge in [-0.2, -0.15) is 0 Å². The molecule has 1 heterocycles. The van der Waals surface area contributed by atoms with Crippen molar-refractivity contribution in [2.45, 2.75) is 18.9 Å². The maximum Gasteiger partial charge on any atom is 0.119 e. The Morgan fingerprint density at radius 2 is 2.09 bits per heavy atom. The molecule has 2 rings (SSSR count). The highest BCUT2D eigenvalue weighted by Crippen LogP contribution is 2.60. The van der Waals surface area contributed by atoms with E-state index in [0.29, 0.717) is 19.1 Å². The normalized spacial score (nSPS) is 46.6. The van der Waals surface area contributed by atoms with Crippen LogP contribution >= 0.6 is 0 Å². The minimum atomic E-state index is -0.721. The number of rotatable bonds is 2. The molecule has 2 fully saturated rings. The molecule has 0 radical (unpaired) electrons. The molecule has 64 valence electrons. The summed E-state index contributed by atoms with van der Waals surface area (Å²) in [5.74, 6) is 0.446. The maximum absolute atomic E-state index is 9.89. The lowest BCUT2D eigenvalue weighted by molar-refractivity contribution is -0.225. The lowest BCUT2D eigenvalue weighted by Gasteiger charge is -2.43. The van der Waals surface area contributed by atoms with Crippen molar-refractivity contribution >= 4 is 0 Å². The Bertz CT molecular complexity index is 172. The summed E-state index contributed by atoms with van der Waals surface area (Å²) < 4.78 is 4.95. The van der Waals surface area contributed by atoms with Crippen molar-refractivity contribution in [2.24, 2.45) is 11.3 Å². The van der Waals surface area contributed by atoms with Crippen LogP contribution in [0.5, 0.6) is 0 Å². The first-order valence-electron chi connectivity index (χ1n) is 4.06. The van der Waals surface area contributed by atoms with Crippen LogP contribution in [0.25, 0.3) is 0 Å². The molecule has 3 nitrogen and oxygen atoms in total. The molecular formula is C8H14O3. The molecule has 1 saturated heterocycles. The minimum absolute atomic E-state index is 0.0913. The van der Waals surface area contributed by atoms with Crippen molar-refractivity contribution in [1.29, 1.82) is 0 Å². The topological polar surface area (TPSA) is 49.7 Å². The highest BCUT2D eigenvalue weighted by atomic mass is 16.5. The third-order valence-corrected chi connectivity index (χ3v) is 3.34. The van der Waals surface area contributed by atoms with Gasteiger partial charge in [-0.3, -0.25) is 0 Å². The number of hydrogen-bond donors (Lipinski definition) is 2. The summed E-state index contributed by atoms with van der Waals surface area (Å²) in [6.07, 6.45) is 0.934. The van der Waals surface area contributed by atoms with E-state index in [1.54, 1.807) is 0 Å². The van der Waals surface area contributed by atoms with E-state index < -0.39 is 5.60 Å². The lowest BCUT2D eigenvalue weighted by atomic mass is 9.81. The molecule has 2 N–H and O–H groups in total. The van der Waals surface area contributed by atoms with E-state index in [9.17, 15) is 5.11 Å². The van der Waals surface area contributed by atoms with Gasteiger partial charge < -0.3 is 14.9 Å². The fourth-order valence-electron chi connectivity index (χ4n) is 2.09. The van der Waals surface area contributed by atoms with Crippen LogP contribution in [-0.2, 0) is 4.74 Å². The zero-order valence-electron chi connectivity index (χ0n) is 6.71. The van der Waals surface area contributed by atoms with E-state index in [1.165, 1.54) is 0 Å². The molecule has 2 aliphatic rings. The van der Waals surface area contributed by atoms with Crippen LogP contribution in [-0.4, -0.2) is 35.6 Å². The van der Waals surface area contributed by atoms with Crippen molar-refractivity contribution in [2.75, 3.05) is 19.8 Å². The van der Waals surface area contributed by atoms with Gasteiger partial charge >= 0.3 is 0 Å². The smallest absolute Gasteiger partial charge is 0.119 e. The molecule has 2 atom stereocenters. The molecule has 0 amide bonds. The Hall–Kier alpha value is -0.120. The second-order valence-electron chi connectivity index (χ2n) is 3.94. The van der Waals surface area contributed by atoms with Gasteiger partial charge in [0.15, 0.2) is 0 Å². The van der Waals surface area contributed by atoms with Crippen LogP contribution in [0, 0.1) is 11.3 Å². The zero-order valence-corrected chi connectivity index (χ0v) is 6.71. The van der Waals surface area contributed by atoms with Gasteiger partial charge in [0.05, 0.1) is 19.8 Å². The van der Waals surface area contributed by atoms with Crippen LogP contribution in [0.15, 0.2) is 0 Å². The van der Waals surface area contributed by atoms with E-state index in [0.717, 1.165) is 6.42 Å². The number of ether oxygens (including phenoxy) is 1. The summed E-state index contributed by atoms with van der Waals surface area (Å²) in [4.78, 5) is 0. The quantitative estimate of drug-likeness (QED) is 0.583. The molecule has 0 spiro atoms. The van der Waals surface area contributed by atoms with Crippen molar-refractivity contribution in [3.05, 3.63) is 0 Å². The largest absolute Gasteiger partial charge is 0.396 e. The first-order valence-corrected chi connectivity index (χ1v) is 4.06. The summed E-state index contributed by atoms with van der Waals surface area (Å²) in [5.41, 5.74) is -0.952. The molecule has 3 heteroatoms. The van der Waals surface area contributed by atoms with Crippen molar-refractivity contribution in [1.82, 2.24) is 0 Å². The molecular weight excluding hydrogens is 144 g/mol. The number of aliphatic hydroxyl groups excluding tert-OH is 1. The van der Waals surface area contributed by atoms with Gasteiger partial charge in [0, 0.05) is 5.41 Å². The van der Waals surface area contributed by atoms with Crippen molar-refractivity contribution in [3.8, 4) is 0 Å². The van der Waals surface area contributed by atoms with Crippen molar-refractivity contribution < 1.29 is 14.9 Å². The molecule has 1 saturated carbocycles. The van der Waals surface area contributed by atoms with Gasteiger partial charge in [-0.1, -0.05) is 6.92 Å². The second kappa shape index (κ2) is 1.97. The third-order valence-electron chi connectivity index (χ3n) is 3.34. The molecule has 0 aromatic heterocycles. The molecule has 11 heavy (non-hydrogen) atoms. The fraction of sp³-hybridized carbons (Fsp3) is 1.00. The van der Waals surface area contributed by atoms with Gasteiger partial charge in [-0.15, -0.1) is 0 Å². The van der Waals surface area contributed by atoms with Gasteiger partial charge in [0.25, 0.3) is 0 Å². The highest BCUT2D eigenvalue weighted by molar-refractivity contribution is 5.15. The summed E-state index contributed by atoms with van der Waals surface area (Å²) in [6.45, 7) is 2.95. The average molecular weight is 158 g/mol. The Balaban J connectivity index is 2.13. The molecule has 0 bridgehead atoms. The van der Waals surface area contributed by atoms with Gasteiger partial charge in [0.2, 0.25) is 0 Å². The minimum Gasteiger partial charge on any atom is -0.396 e. The summed E-state index contributed by atoms with van der Waals surface area (Å²) >= 11 is 0. The van der Waals surface area contributed by atoms with Crippen molar-refractivity contribution in [3.63, 3.8) is 0 Å². The predicted molar refractivity (Wildman–Crippen MR) is 39.1 cm³/mol. The predicted octanol–water partition coefficient (Wildman–Crippen LogP) is -0.234. The Morgan fingerprint density at radius 1 is 1.55 bits per heavy atom.